The van der Waals surface area contributed by atoms with Crippen LogP contribution in [0.1, 0.15) is 50.5 Å². The van der Waals surface area contributed by atoms with Gasteiger partial charge in [-0.05, 0) is 69.6 Å². The molecule has 29 heavy (non-hydrogen) atoms. The van der Waals surface area contributed by atoms with Gasteiger partial charge in [0.2, 0.25) is 15.9 Å². The van der Waals surface area contributed by atoms with Crippen LogP contribution in [0.3, 0.4) is 0 Å². The lowest BCUT2D eigenvalue weighted by Gasteiger charge is -2.40. The maximum Gasteiger partial charge on any atom is 0.243 e. The fourth-order valence-electron chi connectivity index (χ4n) is 5.25. The Labute approximate surface area is 177 Å². The smallest absolute Gasteiger partial charge is 0.243 e. The molecule has 0 radical (unpaired) electrons. The molecule has 160 valence electrons. The van der Waals surface area contributed by atoms with Crippen molar-refractivity contribution in [2.24, 2.45) is 5.41 Å². The topological polar surface area (TPSA) is 77.9 Å². The first kappa shape index (κ1) is 21.1. The molecule has 0 bridgehead atoms. The SMILES string of the molecule is Cc1c(Cl)cccc1S(=O)(=O)N1CCCC2(CCN([C@H]3CC[C@@H](O)CC3)C2=O)C1. The monoisotopic (exact) mass is 440 g/mol. The van der Waals surface area contributed by atoms with Crippen LogP contribution in [0.4, 0.5) is 0 Å². The highest BCUT2D eigenvalue weighted by Crippen LogP contribution is 2.44. The zero-order valence-corrected chi connectivity index (χ0v) is 18.4. The predicted molar refractivity (Wildman–Crippen MR) is 111 cm³/mol. The van der Waals surface area contributed by atoms with Gasteiger partial charge in [-0.1, -0.05) is 17.7 Å². The molecule has 6 nitrogen and oxygen atoms in total. The first-order valence-corrected chi connectivity index (χ1v) is 12.3. The summed E-state index contributed by atoms with van der Waals surface area (Å²) in [6, 6.07) is 5.11. The Hall–Kier alpha value is -1.15. The van der Waals surface area contributed by atoms with Crippen LogP contribution in [0.25, 0.3) is 0 Å². The second-order valence-electron chi connectivity index (χ2n) is 8.80. The van der Waals surface area contributed by atoms with Crippen LogP contribution in [-0.2, 0) is 14.8 Å². The van der Waals surface area contributed by atoms with E-state index in [1.807, 2.05) is 4.90 Å². The van der Waals surface area contributed by atoms with Crippen LogP contribution in [0.2, 0.25) is 5.02 Å². The highest BCUT2D eigenvalue weighted by molar-refractivity contribution is 7.89. The number of likely N-dealkylation sites (tertiary alicyclic amines) is 1. The number of carbonyl (C=O) groups is 1. The highest BCUT2D eigenvalue weighted by atomic mass is 35.5. The average molecular weight is 441 g/mol. The first-order chi connectivity index (χ1) is 13.7. The van der Waals surface area contributed by atoms with Gasteiger partial charge >= 0.3 is 0 Å². The number of benzene rings is 1. The van der Waals surface area contributed by atoms with Gasteiger partial charge < -0.3 is 10.0 Å². The number of hydrogen-bond donors (Lipinski definition) is 1. The zero-order valence-electron chi connectivity index (χ0n) is 16.8. The first-order valence-electron chi connectivity index (χ1n) is 10.5. The highest BCUT2D eigenvalue weighted by Gasteiger charge is 2.52. The van der Waals surface area contributed by atoms with Crippen LogP contribution in [0.5, 0.6) is 0 Å². The molecule has 8 heteroatoms. The van der Waals surface area contributed by atoms with Crippen LogP contribution >= 0.6 is 11.6 Å². The number of piperidine rings is 1. The van der Waals surface area contributed by atoms with Crippen molar-refractivity contribution in [1.29, 1.82) is 0 Å². The molecule has 2 saturated heterocycles. The Morgan fingerprint density at radius 2 is 1.86 bits per heavy atom. The fourth-order valence-corrected chi connectivity index (χ4v) is 7.29. The van der Waals surface area contributed by atoms with E-state index in [-0.39, 0.29) is 29.5 Å². The number of sulfonamides is 1. The molecule has 2 heterocycles. The molecule has 1 aliphatic carbocycles. The summed E-state index contributed by atoms with van der Waals surface area (Å²) in [6.45, 7) is 3.07. The zero-order chi connectivity index (χ0) is 20.8. The van der Waals surface area contributed by atoms with Gasteiger partial charge in [-0.3, -0.25) is 4.79 Å². The van der Waals surface area contributed by atoms with Crippen molar-refractivity contribution in [1.82, 2.24) is 9.21 Å². The van der Waals surface area contributed by atoms with Crippen molar-refractivity contribution in [3.8, 4) is 0 Å². The van der Waals surface area contributed by atoms with Crippen LogP contribution in [0, 0.1) is 12.3 Å². The molecule has 1 spiro atoms. The minimum Gasteiger partial charge on any atom is -0.393 e. The third-order valence-electron chi connectivity index (χ3n) is 7.03. The van der Waals surface area contributed by atoms with Gasteiger partial charge in [0, 0.05) is 30.7 Å². The molecular weight excluding hydrogens is 412 g/mol. The van der Waals surface area contributed by atoms with E-state index in [1.54, 1.807) is 25.1 Å². The number of aliphatic hydroxyl groups excluding tert-OH is 1. The fraction of sp³-hybridized carbons (Fsp3) is 0.667. The van der Waals surface area contributed by atoms with E-state index in [2.05, 4.69) is 0 Å². The van der Waals surface area contributed by atoms with Crippen LogP contribution < -0.4 is 0 Å². The van der Waals surface area contributed by atoms with Crippen molar-refractivity contribution in [2.75, 3.05) is 19.6 Å². The third kappa shape index (κ3) is 3.71. The Balaban J connectivity index is 1.55. The van der Waals surface area contributed by atoms with Gasteiger partial charge in [0.1, 0.15) is 0 Å². The lowest BCUT2D eigenvalue weighted by atomic mass is 9.79. The molecule has 1 atom stereocenters. The summed E-state index contributed by atoms with van der Waals surface area (Å²) >= 11 is 6.16. The molecule has 3 aliphatic rings. The quantitative estimate of drug-likeness (QED) is 0.783. The van der Waals surface area contributed by atoms with E-state index >= 15 is 0 Å². The second-order valence-corrected chi connectivity index (χ2v) is 11.1. The normalized spacial score (nSPS) is 31.6. The molecule has 4 rings (SSSR count). The van der Waals surface area contributed by atoms with Crippen molar-refractivity contribution in [3.05, 3.63) is 28.8 Å². The van der Waals surface area contributed by atoms with Gasteiger partial charge in [-0.2, -0.15) is 4.31 Å². The molecule has 1 amide bonds. The maximum absolute atomic E-state index is 13.4. The van der Waals surface area contributed by atoms with E-state index in [9.17, 15) is 18.3 Å². The molecule has 3 fully saturated rings. The van der Waals surface area contributed by atoms with E-state index in [0.29, 0.717) is 36.5 Å². The number of rotatable bonds is 3. The Morgan fingerprint density at radius 3 is 2.59 bits per heavy atom. The number of nitrogens with zero attached hydrogens (tertiary/aromatic N) is 2. The van der Waals surface area contributed by atoms with Crippen LogP contribution in [0.15, 0.2) is 23.1 Å². The minimum absolute atomic E-state index is 0.0987. The van der Waals surface area contributed by atoms with Crippen molar-refractivity contribution < 1.29 is 18.3 Å². The van der Waals surface area contributed by atoms with Crippen molar-refractivity contribution in [3.63, 3.8) is 0 Å². The summed E-state index contributed by atoms with van der Waals surface area (Å²) < 4.78 is 28.2. The van der Waals surface area contributed by atoms with Gasteiger partial charge in [0.15, 0.2) is 0 Å². The van der Waals surface area contributed by atoms with E-state index in [0.717, 1.165) is 32.1 Å². The average Bonchev–Trinajstić information content (AvgIpc) is 3.00. The molecule has 2 aliphatic heterocycles. The summed E-state index contributed by atoms with van der Waals surface area (Å²) in [5, 5.41) is 10.2. The maximum atomic E-state index is 13.4. The Morgan fingerprint density at radius 1 is 1.14 bits per heavy atom. The Bertz CT molecular complexity index is 898. The largest absolute Gasteiger partial charge is 0.393 e. The van der Waals surface area contributed by atoms with E-state index in [4.69, 9.17) is 11.6 Å². The standard InChI is InChI=1S/C21H29ClN2O4S/c1-15-18(22)4-2-5-19(15)29(27,28)23-12-3-10-21(14-23)11-13-24(20(21)26)16-6-8-17(25)9-7-16/h2,4-5,16-17,25H,3,6-14H2,1H3/t16-,17+,21?. The second kappa shape index (κ2) is 7.84. The van der Waals surface area contributed by atoms with Gasteiger partial charge in [-0.25, -0.2) is 8.42 Å². The summed E-state index contributed by atoms with van der Waals surface area (Å²) in [6.07, 6.45) is 4.98. The van der Waals surface area contributed by atoms with E-state index < -0.39 is 15.4 Å². The molecule has 1 aromatic rings. The predicted octanol–water partition coefficient (Wildman–Crippen LogP) is 2.96. The van der Waals surface area contributed by atoms with Crippen molar-refractivity contribution >= 4 is 27.5 Å². The lowest BCUT2D eigenvalue weighted by molar-refractivity contribution is -0.140. The van der Waals surface area contributed by atoms with Crippen LogP contribution in [-0.4, -0.2) is 60.4 Å². The summed E-state index contributed by atoms with van der Waals surface area (Å²) in [5.41, 5.74) is -0.0673. The number of carbonyl (C=O) groups excluding carboxylic acids is 1. The van der Waals surface area contributed by atoms with Crippen molar-refractivity contribution in [2.45, 2.75) is 68.9 Å². The summed E-state index contributed by atoms with van der Waals surface area (Å²) in [7, 11) is -3.71. The van der Waals surface area contributed by atoms with E-state index in [1.165, 1.54) is 4.31 Å². The molecule has 1 saturated carbocycles. The molecule has 0 aromatic heterocycles. The van der Waals surface area contributed by atoms with Gasteiger partial charge in [0.25, 0.3) is 0 Å². The lowest BCUT2D eigenvalue weighted by Crippen LogP contribution is -2.51. The minimum atomic E-state index is -3.71. The number of halogens is 1. The molecule has 1 aromatic carbocycles. The number of amides is 1. The third-order valence-corrected chi connectivity index (χ3v) is 9.43. The molecular formula is C21H29ClN2O4S. The van der Waals surface area contributed by atoms with Gasteiger partial charge in [-0.15, -0.1) is 0 Å². The molecule has 1 unspecified atom stereocenters. The summed E-state index contributed by atoms with van der Waals surface area (Å²) in [5.74, 6) is 0.0987. The number of aliphatic hydroxyl groups is 1. The number of hydrogen-bond acceptors (Lipinski definition) is 4. The van der Waals surface area contributed by atoms with Gasteiger partial charge in [0.05, 0.1) is 16.4 Å². The Kier molecular flexibility index (Phi) is 5.70. The summed E-state index contributed by atoms with van der Waals surface area (Å²) in [4.78, 5) is 15.6. The molecule has 1 N–H and O–H groups in total.